The smallest absolute Gasteiger partial charge is 0.260 e. The number of amides is 1. The van der Waals surface area contributed by atoms with Crippen molar-refractivity contribution in [1.82, 2.24) is 5.32 Å². The van der Waals surface area contributed by atoms with Crippen LogP contribution in [0.25, 0.3) is 0 Å². The SMILES string of the molecule is CC(=O)c1cccc(OC(C)C(=O)NC2CCCCC2)c1. The van der Waals surface area contributed by atoms with E-state index >= 15 is 0 Å². The summed E-state index contributed by atoms with van der Waals surface area (Å²) in [5, 5.41) is 3.05. The third-order valence-corrected chi connectivity index (χ3v) is 3.87. The van der Waals surface area contributed by atoms with Gasteiger partial charge in [0, 0.05) is 11.6 Å². The minimum Gasteiger partial charge on any atom is -0.481 e. The third-order valence-electron chi connectivity index (χ3n) is 3.87. The largest absolute Gasteiger partial charge is 0.481 e. The zero-order chi connectivity index (χ0) is 15.2. The molecule has 0 aliphatic heterocycles. The van der Waals surface area contributed by atoms with Crippen LogP contribution < -0.4 is 10.1 Å². The normalized spacial score (nSPS) is 17.0. The van der Waals surface area contributed by atoms with Gasteiger partial charge in [0.1, 0.15) is 5.75 Å². The summed E-state index contributed by atoms with van der Waals surface area (Å²) in [5.74, 6) is 0.448. The van der Waals surface area contributed by atoms with E-state index in [9.17, 15) is 9.59 Å². The Hall–Kier alpha value is -1.84. The molecule has 1 aromatic carbocycles. The van der Waals surface area contributed by atoms with Gasteiger partial charge in [-0.3, -0.25) is 9.59 Å². The molecule has 0 heterocycles. The average molecular weight is 289 g/mol. The number of ether oxygens (including phenoxy) is 1. The minimum absolute atomic E-state index is 0.0141. The van der Waals surface area contributed by atoms with Gasteiger partial charge in [-0.15, -0.1) is 0 Å². The Labute approximate surface area is 125 Å². The minimum atomic E-state index is -0.561. The van der Waals surface area contributed by atoms with E-state index in [4.69, 9.17) is 4.74 Å². The number of hydrogen-bond acceptors (Lipinski definition) is 3. The molecule has 1 aliphatic rings. The Balaban J connectivity index is 1.90. The van der Waals surface area contributed by atoms with Crippen LogP contribution >= 0.6 is 0 Å². The van der Waals surface area contributed by atoms with E-state index in [0.29, 0.717) is 11.3 Å². The highest BCUT2D eigenvalue weighted by atomic mass is 16.5. The van der Waals surface area contributed by atoms with Gasteiger partial charge in [0.2, 0.25) is 0 Å². The Bertz CT molecular complexity index is 507. The topological polar surface area (TPSA) is 55.4 Å². The Morgan fingerprint density at radius 3 is 2.62 bits per heavy atom. The molecule has 21 heavy (non-hydrogen) atoms. The quantitative estimate of drug-likeness (QED) is 0.847. The van der Waals surface area contributed by atoms with Crippen LogP contribution in [0.3, 0.4) is 0 Å². The van der Waals surface area contributed by atoms with E-state index < -0.39 is 6.10 Å². The molecule has 1 unspecified atom stereocenters. The van der Waals surface area contributed by atoms with Gasteiger partial charge in [-0.05, 0) is 38.8 Å². The van der Waals surface area contributed by atoms with Gasteiger partial charge < -0.3 is 10.1 Å². The number of benzene rings is 1. The van der Waals surface area contributed by atoms with Crippen molar-refractivity contribution in [3.05, 3.63) is 29.8 Å². The van der Waals surface area contributed by atoms with Gasteiger partial charge in [-0.1, -0.05) is 31.4 Å². The maximum atomic E-state index is 12.1. The molecule has 0 radical (unpaired) electrons. The molecular weight excluding hydrogens is 266 g/mol. The molecule has 1 atom stereocenters. The van der Waals surface area contributed by atoms with Crippen molar-refractivity contribution in [3.63, 3.8) is 0 Å². The second-order valence-electron chi connectivity index (χ2n) is 5.69. The lowest BCUT2D eigenvalue weighted by Crippen LogP contribution is -2.43. The van der Waals surface area contributed by atoms with Crippen molar-refractivity contribution < 1.29 is 14.3 Å². The summed E-state index contributed by atoms with van der Waals surface area (Å²) < 4.78 is 5.64. The number of ketones is 1. The third kappa shape index (κ3) is 4.59. The van der Waals surface area contributed by atoms with Crippen LogP contribution in [0.2, 0.25) is 0 Å². The fourth-order valence-corrected chi connectivity index (χ4v) is 2.61. The maximum Gasteiger partial charge on any atom is 0.260 e. The van der Waals surface area contributed by atoms with Crippen LogP contribution in [0.5, 0.6) is 5.75 Å². The lowest BCUT2D eigenvalue weighted by atomic mass is 9.95. The molecule has 1 amide bonds. The summed E-state index contributed by atoms with van der Waals surface area (Å²) in [5.41, 5.74) is 0.590. The zero-order valence-electron chi connectivity index (χ0n) is 12.7. The first-order valence-electron chi connectivity index (χ1n) is 7.64. The Morgan fingerprint density at radius 1 is 1.24 bits per heavy atom. The molecular formula is C17H23NO3. The first kappa shape index (κ1) is 15.5. The summed E-state index contributed by atoms with van der Waals surface area (Å²) in [6, 6.07) is 7.21. The van der Waals surface area contributed by atoms with Crippen LogP contribution in [0, 0.1) is 0 Å². The summed E-state index contributed by atoms with van der Waals surface area (Å²) in [6.45, 7) is 3.25. The van der Waals surface area contributed by atoms with Crippen molar-refractivity contribution in [2.45, 2.75) is 58.1 Å². The second kappa shape index (κ2) is 7.25. The van der Waals surface area contributed by atoms with Crippen LogP contribution in [0.15, 0.2) is 24.3 Å². The van der Waals surface area contributed by atoms with Gasteiger partial charge in [0.25, 0.3) is 5.91 Å². The molecule has 0 bridgehead atoms. The number of carbonyl (C=O) groups is 2. The first-order valence-corrected chi connectivity index (χ1v) is 7.64. The number of rotatable bonds is 5. The summed E-state index contributed by atoms with van der Waals surface area (Å²) in [7, 11) is 0. The maximum absolute atomic E-state index is 12.1. The molecule has 2 rings (SSSR count). The highest BCUT2D eigenvalue weighted by Crippen LogP contribution is 2.18. The Kier molecular flexibility index (Phi) is 5.37. The van der Waals surface area contributed by atoms with Crippen molar-refractivity contribution >= 4 is 11.7 Å². The number of carbonyl (C=O) groups excluding carboxylic acids is 2. The number of hydrogen-bond donors (Lipinski definition) is 1. The van der Waals surface area contributed by atoms with Crippen molar-refractivity contribution in [2.24, 2.45) is 0 Å². The zero-order valence-corrected chi connectivity index (χ0v) is 12.7. The molecule has 1 aliphatic carbocycles. The predicted molar refractivity (Wildman–Crippen MR) is 81.6 cm³/mol. The molecule has 1 saturated carbocycles. The van der Waals surface area contributed by atoms with Crippen LogP contribution in [0.1, 0.15) is 56.3 Å². The molecule has 0 spiro atoms. The molecule has 1 fully saturated rings. The fourth-order valence-electron chi connectivity index (χ4n) is 2.61. The van der Waals surface area contributed by atoms with Crippen LogP contribution in [-0.2, 0) is 4.79 Å². The van der Waals surface area contributed by atoms with E-state index in [1.807, 2.05) is 0 Å². The standard InChI is InChI=1S/C17H23NO3/c1-12(19)14-7-6-10-16(11-14)21-13(2)17(20)18-15-8-4-3-5-9-15/h6-7,10-11,13,15H,3-5,8-9H2,1-2H3,(H,18,20). The summed E-state index contributed by atoms with van der Waals surface area (Å²) >= 11 is 0. The van der Waals surface area contributed by atoms with Crippen molar-refractivity contribution in [2.75, 3.05) is 0 Å². The summed E-state index contributed by atoms with van der Waals surface area (Å²) in [4.78, 5) is 23.5. The van der Waals surface area contributed by atoms with E-state index in [1.54, 1.807) is 31.2 Å². The van der Waals surface area contributed by atoms with E-state index in [2.05, 4.69) is 5.32 Å². The summed E-state index contributed by atoms with van der Waals surface area (Å²) in [6.07, 6.45) is 5.17. The van der Waals surface area contributed by atoms with Gasteiger partial charge in [-0.2, -0.15) is 0 Å². The molecule has 1 aromatic rings. The number of nitrogens with one attached hydrogen (secondary N) is 1. The molecule has 4 nitrogen and oxygen atoms in total. The molecule has 0 aromatic heterocycles. The Morgan fingerprint density at radius 2 is 1.95 bits per heavy atom. The van der Waals surface area contributed by atoms with E-state index in [-0.39, 0.29) is 17.7 Å². The van der Waals surface area contributed by atoms with Crippen LogP contribution in [0.4, 0.5) is 0 Å². The molecule has 0 saturated heterocycles. The monoisotopic (exact) mass is 289 g/mol. The molecule has 114 valence electrons. The molecule has 1 N–H and O–H groups in total. The van der Waals surface area contributed by atoms with E-state index in [0.717, 1.165) is 12.8 Å². The molecule has 4 heteroatoms. The van der Waals surface area contributed by atoms with Gasteiger partial charge in [0.05, 0.1) is 0 Å². The lowest BCUT2D eigenvalue weighted by molar-refractivity contribution is -0.128. The van der Waals surface area contributed by atoms with Crippen molar-refractivity contribution in [1.29, 1.82) is 0 Å². The second-order valence-corrected chi connectivity index (χ2v) is 5.69. The van der Waals surface area contributed by atoms with Crippen LogP contribution in [-0.4, -0.2) is 23.8 Å². The van der Waals surface area contributed by atoms with Gasteiger partial charge >= 0.3 is 0 Å². The highest BCUT2D eigenvalue weighted by Gasteiger charge is 2.20. The first-order chi connectivity index (χ1) is 10.1. The van der Waals surface area contributed by atoms with Gasteiger partial charge in [-0.25, -0.2) is 0 Å². The highest BCUT2D eigenvalue weighted by molar-refractivity contribution is 5.94. The number of Topliss-reactive ketones (excluding diaryl/α,β-unsaturated/α-hetero) is 1. The predicted octanol–water partition coefficient (Wildman–Crippen LogP) is 3.11. The van der Waals surface area contributed by atoms with E-state index in [1.165, 1.54) is 26.2 Å². The average Bonchev–Trinajstić information content (AvgIpc) is 2.48. The lowest BCUT2D eigenvalue weighted by Gasteiger charge is -2.24. The fraction of sp³-hybridized carbons (Fsp3) is 0.529. The van der Waals surface area contributed by atoms with Gasteiger partial charge in [0.15, 0.2) is 11.9 Å². The van der Waals surface area contributed by atoms with Crippen molar-refractivity contribution in [3.8, 4) is 5.75 Å².